The number of aliphatic imine (C=N–C) groups is 1. The Labute approximate surface area is 144 Å². The molecule has 1 aliphatic carbocycles. The van der Waals surface area contributed by atoms with E-state index in [9.17, 15) is 13.2 Å². The number of nitrogens with one attached hydrogen (secondary N) is 2. The van der Waals surface area contributed by atoms with Crippen LogP contribution in [0.4, 0.5) is 13.2 Å². The molecule has 2 rings (SSSR count). The van der Waals surface area contributed by atoms with Crippen LogP contribution in [0.25, 0.3) is 0 Å². The molecule has 0 amide bonds. The summed E-state index contributed by atoms with van der Waals surface area (Å²) in [7, 11) is 0. The van der Waals surface area contributed by atoms with E-state index in [1.165, 1.54) is 12.1 Å². The number of ether oxygens (including phenoxy) is 1. The first-order valence-corrected chi connectivity index (χ1v) is 6.86. The summed E-state index contributed by atoms with van der Waals surface area (Å²) in [6.07, 6.45) is -2.51. The third-order valence-corrected chi connectivity index (χ3v) is 2.87. The Hall–Kier alpha value is -1.19. The molecular weight excluding hydrogens is 410 g/mol. The van der Waals surface area contributed by atoms with E-state index >= 15 is 0 Å². The molecule has 0 bridgehead atoms. The molecule has 22 heavy (non-hydrogen) atoms. The number of hydrogen-bond acceptors (Lipinski definition) is 2. The van der Waals surface area contributed by atoms with Crippen LogP contribution in [0, 0.1) is 0 Å². The second-order valence-corrected chi connectivity index (χ2v) is 4.77. The van der Waals surface area contributed by atoms with Crippen LogP contribution < -0.4 is 15.4 Å². The topological polar surface area (TPSA) is 45.7 Å². The first-order valence-electron chi connectivity index (χ1n) is 6.86. The molecule has 8 heteroatoms. The Morgan fingerprint density at radius 1 is 1.32 bits per heavy atom. The van der Waals surface area contributed by atoms with Gasteiger partial charge in [0.25, 0.3) is 0 Å². The summed E-state index contributed by atoms with van der Waals surface area (Å²) in [6, 6.07) is 6.45. The molecule has 0 unspecified atom stereocenters. The van der Waals surface area contributed by atoms with Gasteiger partial charge in [0.1, 0.15) is 5.75 Å². The highest BCUT2D eigenvalue weighted by molar-refractivity contribution is 14.0. The molecule has 0 spiro atoms. The van der Waals surface area contributed by atoms with Crippen LogP contribution >= 0.6 is 24.0 Å². The molecule has 1 fully saturated rings. The molecule has 0 heterocycles. The van der Waals surface area contributed by atoms with Crippen molar-refractivity contribution in [2.45, 2.75) is 38.7 Å². The fourth-order valence-electron chi connectivity index (χ4n) is 1.76. The number of alkyl halides is 3. The fourth-order valence-corrected chi connectivity index (χ4v) is 1.76. The van der Waals surface area contributed by atoms with E-state index in [-0.39, 0.29) is 36.3 Å². The number of hydrogen-bond donors (Lipinski definition) is 2. The normalized spacial score (nSPS) is 15.0. The second-order valence-electron chi connectivity index (χ2n) is 4.77. The Balaban J connectivity index is 0.00000242. The van der Waals surface area contributed by atoms with Crippen LogP contribution in [0.15, 0.2) is 29.3 Å². The lowest BCUT2D eigenvalue weighted by atomic mass is 10.2. The molecule has 1 aliphatic rings. The Kier molecular flexibility index (Phi) is 7.24. The molecule has 0 atom stereocenters. The van der Waals surface area contributed by atoms with E-state index in [0.29, 0.717) is 24.1 Å². The van der Waals surface area contributed by atoms with E-state index in [1.807, 2.05) is 6.92 Å². The minimum absolute atomic E-state index is 0. The monoisotopic (exact) mass is 429 g/mol. The van der Waals surface area contributed by atoms with E-state index in [1.54, 1.807) is 12.1 Å². The van der Waals surface area contributed by atoms with Gasteiger partial charge in [-0.2, -0.15) is 0 Å². The van der Waals surface area contributed by atoms with Crippen molar-refractivity contribution in [3.05, 3.63) is 29.8 Å². The lowest BCUT2D eigenvalue weighted by Gasteiger charge is -2.13. The number of para-hydroxylation sites is 1. The highest BCUT2D eigenvalue weighted by Crippen LogP contribution is 2.26. The first-order chi connectivity index (χ1) is 9.98. The van der Waals surface area contributed by atoms with Gasteiger partial charge in [0.05, 0.1) is 6.54 Å². The maximum absolute atomic E-state index is 12.3. The van der Waals surface area contributed by atoms with E-state index < -0.39 is 6.36 Å². The average Bonchev–Trinajstić information content (AvgIpc) is 3.20. The predicted molar refractivity (Wildman–Crippen MR) is 89.5 cm³/mol. The summed E-state index contributed by atoms with van der Waals surface area (Å²) in [5.41, 5.74) is 0.392. The summed E-state index contributed by atoms with van der Waals surface area (Å²) in [5.74, 6) is 0.401. The standard InChI is InChI=1S/C14H18F3N3O.HI/c1-2-18-13(20-11-7-8-11)19-9-10-5-3-4-6-12(10)21-14(15,16)17;/h3-6,11H,2,7-9H2,1H3,(H2,18,19,20);1H. The SMILES string of the molecule is CCNC(=NCc1ccccc1OC(F)(F)F)NC1CC1.I. The largest absolute Gasteiger partial charge is 0.573 e. The predicted octanol–water partition coefficient (Wildman–Crippen LogP) is 3.42. The van der Waals surface area contributed by atoms with Crippen molar-refractivity contribution in [1.82, 2.24) is 10.6 Å². The molecule has 0 saturated heterocycles. The molecule has 2 N–H and O–H groups in total. The van der Waals surface area contributed by atoms with Crippen molar-refractivity contribution < 1.29 is 17.9 Å². The van der Waals surface area contributed by atoms with Crippen LogP contribution in [0.3, 0.4) is 0 Å². The lowest BCUT2D eigenvalue weighted by Crippen LogP contribution is -2.38. The molecule has 0 radical (unpaired) electrons. The van der Waals surface area contributed by atoms with Gasteiger partial charge in [0.2, 0.25) is 0 Å². The van der Waals surface area contributed by atoms with Crippen LogP contribution in [0.2, 0.25) is 0 Å². The highest BCUT2D eigenvalue weighted by Gasteiger charge is 2.32. The average molecular weight is 429 g/mol. The molecule has 0 aliphatic heterocycles. The number of nitrogens with zero attached hydrogens (tertiary/aromatic N) is 1. The molecule has 1 aromatic rings. The van der Waals surface area contributed by atoms with Crippen molar-refractivity contribution in [1.29, 1.82) is 0 Å². The van der Waals surface area contributed by atoms with Crippen LogP contribution in [-0.4, -0.2) is 24.9 Å². The van der Waals surface area contributed by atoms with Crippen molar-refractivity contribution in [3.63, 3.8) is 0 Å². The van der Waals surface area contributed by atoms with Gasteiger partial charge in [-0.05, 0) is 25.8 Å². The van der Waals surface area contributed by atoms with Gasteiger partial charge >= 0.3 is 6.36 Å². The maximum Gasteiger partial charge on any atom is 0.573 e. The summed E-state index contributed by atoms with van der Waals surface area (Å²) in [4.78, 5) is 4.30. The van der Waals surface area contributed by atoms with Crippen molar-refractivity contribution in [3.8, 4) is 5.75 Å². The number of benzene rings is 1. The Morgan fingerprint density at radius 3 is 2.59 bits per heavy atom. The molecule has 4 nitrogen and oxygen atoms in total. The van der Waals surface area contributed by atoms with Crippen molar-refractivity contribution in [2.24, 2.45) is 4.99 Å². The smallest absolute Gasteiger partial charge is 0.405 e. The van der Waals surface area contributed by atoms with Crippen LogP contribution in [0.1, 0.15) is 25.3 Å². The molecule has 1 saturated carbocycles. The van der Waals surface area contributed by atoms with Gasteiger partial charge in [-0.15, -0.1) is 37.1 Å². The maximum atomic E-state index is 12.3. The van der Waals surface area contributed by atoms with Crippen LogP contribution in [0.5, 0.6) is 5.75 Å². The quantitative estimate of drug-likeness (QED) is 0.429. The lowest BCUT2D eigenvalue weighted by molar-refractivity contribution is -0.274. The summed E-state index contributed by atoms with van der Waals surface area (Å²) < 4.78 is 41.0. The second kappa shape index (κ2) is 8.44. The number of rotatable bonds is 5. The number of halogens is 4. The summed E-state index contributed by atoms with van der Waals surface area (Å²) >= 11 is 0. The zero-order chi connectivity index (χ0) is 15.3. The molecule has 1 aromatic carbocycles. The fraction of sp³-hybridized carbons (Fsp3) is 0.500. The summed E-state index contributed by atoms with van der Waals surface area (Å²) in [5, 5.41) is 6.27. The molecular formula is C14H19F3IN3O. The van der Waals surface area contributed by atoms with E-state index in [2.05, 4.69) is 20.4 Å². The third-order valence-electron chi connectivity index (χ3n) is 2.87. The first kappa shape index (κ1) is 18.9. The van der Waals surface area contributed by atoms with Gasteiger partial charge in [-0.1, -0.05) is 18.2 Å². The van der Waals surface area contributed by atoms with E-state index in [0.717, 1.165) is 12.8 Å². The zero-order valence-corrected chi connectivity index (χ0v) is 14.4. The Morgan fingerprint density at radius 2 is 2.00 bits per heavy atom. The van der Waals surface area contributed by atoms with E-state index in [4.69, 9.17) is 0 Å². The van der Waals surface area contributed by atoms with Gasteiger partial charge in [-0.25, -0.2) is 4.99 Å². The highest BCUT2D eigenvalue weighted by atomic mass is 127. The number of guanidine groups is 1. The molecule has 0 aromatic heterocycles. The van der Waals surface area contributed by atoms with Gasteiger partial charge in [0.15, 0.2) is 5.96 Å². The van der Waals surface area contributed by atoms with Gasteiger partial charge in [0, 0.05) is 18.2 Å². The van der Waals surface area contributed by atoms with Crippen molar-refractivity contribution >= 4 is 29.9 Å². The Bertz CT molecular complexity index is 504. The summed E-state index contributed by atoms with van der Waals surface area (Å²) in [6.45, 7) is 2.75. The third kappa shape index (κ3) is 6.71. The van der Waals surface area contributed by atoms with Gasteiger partial charge < -0.3 is 15.4 Å². The molecule has 124 valence electrons. The van der Waals surface area contributed by atoms with Gasteiger partial charge in [-0.3, -0.25) is 0 Å². The minimum Gasteiger partial charge on any atom is -0.405 e. The minimum atomic E-state index is -4.70. The van der Waals surface area contributed by atoms with Crippen molar-refractivity contribution in [2.75, 3.05) is 6.54 Å². The van der Waals surface area contributed by atoms with Crippen LogP contribution in [-0.2, 0) is 6.54 Å². The zero-order valence-electron chi connectivity index (χ0n) is 12.1.